The zero-order valence-electron chi connectivity index (χ0n) is 11.4. The van der Waals surface area contributed by atoms with Gasteiger partial charge in [-0.3, -0.25) is 9.59 Å². The van der Waals surface area contributed by atoms with Crippen LogP contribution in [0, 0.1) is 0 Å². The van der Waals surface area contributed by atoms with E-state index in [1.807, 2.05) is 0 Å². The van der Waals surface area contributed by atoms with Crippen LogP contribution in [-0.2, 0) is 9.59 Å². The van der Waals surface area contributed by atoms with E-state index in [-0.39, 0.29) is 31.9 Å². The SMILES string of the molecule is O=C(CCNC(=O)c1ccccc1)N[C@H](CCO)C(=O)O. The highest BCUT2D eigenvalue weighted by molar-refractivity contribution is 5.94. The summed E-state index contributed by atoms with van der Waals surface area (Å²) in [6, 6.07) is 7.43. The molecular weight excluding hydrogens is 276 g/mol. The molecule has 0 spiro atoms. The van der Waals surface area contributed by atoms with Gasteiger partial charge in [-0.15, -0.1) is 0 Å². The number of benzene rings is 1. The standard InChI is InChI=1S/C14H18N2O5/c17-9-7-11(14(20)21)16-12(18)6-8-15-13(19)10-4-2-1-3-5-10/h1-5,11,17H,6-9H2,(H,15,19)(H,16,18)(H,20,21)/t11-/m1/s1. The van der Waals surface area contributed by atoms with Crippen LogP contribution in [0.1, 0.15) is 23.2 Å². The highest BCUT2D eigenvalue weighted by atomic mass is 16.4. The summed E-state index contributed by atoms with van der Waals surface area (Å²) < 4.78 is 0. The number of carboxylic acid groups (broad SMARTS) is 1. The Balaban J connectivity index is 2.33. The van der Waals surface area contributed by atoms with Crippen LogP contribution in [0.3, 0.4) is 0 Å². The first-order valence-electron chi connectivity index (χ1n) is 6.51. The summed E-state index contributed by atoms with van der Waals surface area (Å²) in [5.74, 6) is -2.00. The Kier molecular flexibility index (Phi) is 6.90. The fraction of sp³-hybridized carbons (Fsp3) is 0.357. The van der Waals surface area contributed by atoms with Gasteiger partial charge >= 0.3 is 5.97 Å². The molecule has 4 N–H and O–H groups in total. The number of amides is 2. The number of aliphatic hydroxyl groups is 1. The molecule has 0 unspecified atom stereocenters. The molecule has 0 aromatic heterocycles. The van der Waals surface area contributed by atoms with Gasteiger partial charge in [-0.1, -0.05) is 18.2 Å². The topological polar surface area (TPSA) is 116 Å². The highest BCUT2D eigenvalue weighted by Gasteiger charge is 2.18. The van der Waals surface area contributed by atoms with Crippen molar-refractivity contribution < 1.29 is 24.6 Å². The van der Waals surface area contributed by atoms with Crippen LogP contribution in [0.2, 0.25) is 0 Å². The molecule has 0 heterocycles. The maximum atomic E-state index is 11.7. The first-order valence-corrected chi connectivity index (χ1v) is 6.51. The quantitative estimate of drug-likeness (QED) is 0.528. The molecule has 0 radical (unpaired) electrons. The zero-order valence-corrected chi connectivity index (χ0v) is 11.4. The number of hydrogen-bond acceptors (Lipinski definition) is 4. The molecule has 0 fully saturated rings. The van der Waals surface area contributed by atoms with Gasteiger partial charge in [-0.25, -0.2) is 4.79 Å². The molecule has 0 aliphatic carbocycles. The van der Waals surface area contributed by atoms with Crippen molar-refractivity contribution in [3.63, 3.8) is 0 Å². The Bertz CT molecular complexity index is 489. The van der Waals surface area contributed by atoms with E-state index in [4.69, 9.17) is 10.2 Å². The maximum Gasteiger partial charge on any atom is 0.326 e. The lowest BCUT2D eigenvalue weighted by molar-refractivity contribution is -0.142. The average Bonchev–Trinajstić information content (AvgIpc) is 2.47. The molecule has 7 heteroatoms. The molecule has 1 atom stereocenters. The fourth-order valence-corrected chi connectivity index (χ4v) is 1.63. The molecule has 114 valence electrons. The molecule has 0 saturated carbocycles. The molecule has 1 aromatic carbocycles. The highest BCUT2D eigenvalue weighted by Crippen LogP contribution is 1.98. The number of carbonyl (C=O) groups is 3. The van der Waals surface area contributed by atoms with Gasteiger partial charge in [-0.2, -0.15) is 0 Å². The molecule has 7 nitrogen and oxygen atoms in total. The summed E-state index contributed by atoms with van der Waals surface area (Å²) in [6.07, 6.45) is -0.0920. The summed E-state index contributed by atoms with van der Waals surface area (Å²) in [4.78, 5) is 34.0. The molecule has 1 rings (SSSR count). The summed E-state index contributed by atoms with van der Waals surface area (Å²) in [5.41, 5.74) is 0.488. The van der Waals surface area contributed by atoms with Crippen molar-refractivity contribution in [2.75, 3.05) is 13.2 Å². The van der Waals surface area contributed by atoms with Gasteiger partial charge in [-0.05, 0) is 12.1 Å². The molecule has 2 amide bonds. The van der Waals surface area contributed by atoms with Crippen molar-refractivity contribution in [3.8, 4) is 0 Å². The van der Waals surface area contributed by atoms with Crippen molar-refractivity contribution in [2.45, 2.75) is 18.9 Å². The first kappa shape index (κ1) is 16.6. The lowest BCUT2D eigenvalue weighted by Gasteiger charge is -2.13. The van der Waals surface area contributed by atoms with E-state index in [1.165, 1.54) is 0 Å². The normalized spacial score (nSPS) is 11.5. The van der Waals surface area contributed by atoms with Crippen LogP contribution in [0.15, 0.2) is 30.3 Å². The average molecular weight is 294 g/mol. The van der Waals surface area contributed by atoms with Gasteiger partial charge in [0.1, 0.15) is 6.04 Å². The molecule has 1 aromatic rings. The third-order valence-corrected chi connectivity index (χ3v) is 2.72. The minimum absolute atomic E-state index is 0.0339. The van der Waals surface area contributed by atoms with Crippen LogP contribution in [0.5, 0.6) is 0 Å². The Morgan fingerprint density at radius 3 is 2.38 bits per heavy atom. The van der Waals surface area contributed by atoms with E-state index in [9.17, 15) is 14.4 Å². The lowest BCUT2D eigenvalue weighted by Crippen LogP contribution is -2.42. The predicted molar refractivity (Wildman–Crippen MR) is 74.7 cm³/mol. The van der Waals surface area contributed by atoms with Gasteiger partial charge in [0.15, 0.2) is 0 Å². The molecule has 0 aliphatic heterocycles. The molecule has 0 saturated heterocycles. The largest absolute Gasteiger partial charge is 0.480 e. The summed E-state index contributed by atoms with van der Waals surface area (Å²) in [7, 11) is 0. The smallest absolute Gasteiger partial charge is 0.326 e. The number of hydrogen-bond donors (Lipinski definition) is 4. The number of aliphatic hydroxyl groups excluding tert-OH is 1. The predicted octanol–water partition coefficient (Wildman–Crippen LogP) is -0.242. The summed E-state index contributed by atoms with van der Waals surface area (Å²) >= 11 is 0. The Morgan fingerprint density at radius 2 is 1.81 bits per heavy atom. The molecule has 21 heavy (non-hydrogen) atoms. The van der Waals surface area contributed by atoms with Crippen molar-refractivity contribution in [1.29, 1.82) is 0 Å². The van der Waals surface area contributed by atoms with E-state index >= 15 is 0 Å². The second-order valence-electron chi connectivity index (χ2n) is 4.34. The fourth-order valence-electron chi connectivity index (χ4n) is 1.63. The number of aliphatic carboxylic acids is 1. The van der Waals surface area contributed by atoms with Crippen LogP contribution in [-0.4, -0.2) is 47.2 Å². The van der Waals surface area contributed by atoms with Crippen LogP contribution < -0.4 is 10.6 Å². The van der Waals surface area contributed by atoms with E-state index in [2.05, 4.69) is 10.6 Å². The van der Waals surface area contributed by atoms with Gasteiger partial charge < -0.3 is 20.8 Å². The Morgan fingerprint density at radius 1 is 1.14 bits per heavy atom. The lowest BCUT2D eigenvalue weighted by atomic mass is 10.2. The minimum atomic E-state index is -1.20. The first-order chi connectivity index (χ1) is 10.0. The second kappa shape index (κ2) is 8.70. The van der Waals surface area contributed by atoms with E-state index in [0.29, 0.717) is 5.56 Å². The van der Waals surface area contributed by atoms with Crippen molar-refractivity contribution >= 4 is 17.8 Å². The van der Waals surface area contributed by atoms with Crippen molar-refractivity contribution in [1.82, 2.24) is 10.6 Å². The third kappa shape index (κ3) is 6.05. The van der Waals surface area contributed by atoms with E-state index in [1.54, 1.807) is 30.3 Å². The van der Waals surface area contributed by atoms with E-state index in [0.717, 1.165) is 0 Å². The van der Waals surface area contributed by atoms with Crippen LogP contribution in [0.25, 0.3) is 0 Å². The number of carbonyl (C=O) groups excluding carboxylic acids is 2. The second-order valence-corrected chi connectivity index (χ2v) is 4.34. The maximum absolute atomic E-state index is 11.7. The van der Waals surface area contributed by atoms with Gasteiger partial charge in [0, 0.05) is 31.6 Å². The van der Waals surface area contributed by atoms with Gasteiger partial charge in [0.05, 0.1) is 0 Å². The minimum Gasteiger partial charge on any atom is -0.480 e. The Labute approximate surface area is 122 Å². The van der Waals surface area contributed by atoms with Crippen molar-refractivity contribution in [3.05, 3.63) is 35.9 Å². The number of rotatable bonds is 8. The van der Waals surface area contributed by atoms with Crippen LogP contribution in [0.4, 0.5) is 0 Å². The molecule has 0 bridgehead atoms. The van der Waals surface area contributed by atoms with E-state index < -0.39 is 17.9 Å². The number of nitrogens with one attached hydrogen (secondary N) is 2. The summed E-state index contributed by atoms with van der Waals surface area (Å²) in [6.45, 7) is -0.229. The molecule has 0 aliphatic rings. The van der Waals surface area contributed by atoms with Gasteiger partial charge in [0.2, 0.25) is 5.91 Å². The van der Waals surface area contributed by atoms with Crippen molar-refractivity contribution in [2.24, 2.45) is 0 Å². The summed E-state index contributed by atoms with van der Waals surface area (Å²) in [5, 5.41) is 22.4. The third-order valence-electron chi connectivity index (χ3n) is 2.72. The van der Waals surface area contributed by atoms with Gasteiger partial charge in [0.25, 0.3) is 5.91 Å². The monoisotopic (exact) mass is 294 g/mol. The number of carboxylic acids is 1. The van der Waals surface area contributed by atoms with Crippen LogP contribution >= 0.6 is 0 Å². The molecular formula is C14H18N2O5. The zero-order chi connectivity index (χ0) is 15.7. The Hall–Kier alpha value is -2.41.